The summed E-state index contributed by atoms with van der Waals surface area (Å²) in [5.41, 5.74) is 0. The Kier molecular flexibility index (Phi) is 6.72. The fraction of sp³-hybridized carbons (Fsp3) is 0.625. The molecule has 13 heavy (non-hydrogen) atoms. The molecule has 0 aliphatic heterocycles. The van der Waals surface area contributed by atoms with Crippen LogP contribution in [-0.2, 0) is 4.79 Å². The molecule has 1 atom stereocenters. The van der Waals surface area contributed by atoms with Crippen molar-refractivity contribution in [1.82, 2.24) is 10.6 Å². The van der Waals surface area contributed by atoms with Gasteiger partial charge in [0.15, 0.2) is 0 Å². The van der Waals surface area contributed by atoms with Crippen molar-refractivity contribution in [3.8, 4) is 0 Å². The molecule has 0 heterocycles. The summed E-state index contributed by atoms with van der Waals surface area (Å²) in [6.45, 7) is 4.77. The van der Waals surface area contributed by atoms with E-state index in [9.17, 15) is 4.79 Å². The number of hydrogen-bond donors (Lipinski definition) is 2. The summed E-state index contributed by atoms with van der Waals surface area (Å²) in [7, 11) is 1.55. The fourth-order valence-corrected chi connectivity index (χ4v) is 0.652. The van der Waals surface area contributed by atoms with E-state index in [1.165, 1.54) is 12.6 Å². The molecule has 0 radical (unpaired) electrons. The summed E-state index contributed by atoms with van der Waals surface area (Å²) in [5.74, 6) is -0.234. The van der Waals surface area contributed by atoms with E-state index in [4.69, 9.17) is 0 Å². The van der Waals surface area contributed by atoms with Crippen molar-refractivity contribution >= 4 is 18.5 Å². The molecule has 0 rings (SSSR count). The zero-order chi connectivity index (χ0) is 10.1. The number of amides is 1. The lowest BCUT2D eigenvalue weighted by atomic mass is 10.5. The zero-order valence-corrected chi connectivity index (χ0v) is 8.24. The topological polar surface area (TPSA) is 65.8 Å². The van der Waals surface area contributed by atoms with Crippen molar-refractivity contribution in [2.45, 2.75) is 20.0 Å². The van der Waals surface area contributed by atoms with Crippen LogP contribution in [0.5, 0.6) is 0 Å². The molecule has 0 aromatic carbocycles. The molecule has 1 amide bonds. The van der Waals surface area contributed by atoms with Gasteiger partial charge in [-0.05, 0) is 13.5 Å². The zero-order valence-electron chi connectivity index (χ0n) is 8.24. The first-order valence-corrected chi connectivity index (χ1v) is 4.20. The standard InChI is InChI=1S/C8H16N4O/c1-4-11-7(2)12-6-10-5-8(13)9-3/h5-7,11H,4H2,1-3H3,(H,9,13). The van der Waals surface area contributed by atoms with Gasteiger partial charge in [0.25, 0.3) is 5.91 Å². The molecular formula is C8H16N4O. The molecule has 0 aromatic rings. The van der Waals surface area contributed by atoms with E-state index < -0.39 is 0 Å². The lowest BCUT2D eigenvalue weighted by Crippen LogP contribution is -2.23. The maximum absolute atomic E-state index is 10.6. The third-order valence-electron chi connectivity index (χ3n) is 1.29. The highest BCUT2D eigenvalue weighted by Gasteiger charge is 1.91. The van der Waals surface area contributed by atoms with Gasteiger partial charge in [-0.25, -0.2) is 4.99 Å². The second-order valence-electron chi connectivity index (χ2n) is 2.39. The lowest BCUT2D eigenvalue weighted by Gasteiger charge is -2.03. The van der Waals surface area contributed by atoms with Gasteiger partial charge in [0.2, 0.25) is 0 Å². The average molecular weight is 184 g/mol. The van der Waals surface area contributed by atoms with E-state index in [0.717, 1.165) is 6.54 Å². The van der Waals surface area contributed by atoms with Crippen LogP contribution in [0.15, 0.2) is 9.98 Å². The van der Waals surface area contributed by atoms with Gasteiger partial charge >= 0.3 is 0 Å². The summed E-state index contributed by atoms with van der Waals surface area (Å²) in [6, 6.07) is 0. The van der Waals surface area contributed by atoms with Gasteiger partial charge in [0, 0.05) is 7.05 Å². The first kappa shape index (κ1) is 11.8. The van der Waals surface area contributed by atoms with Crippen LogP contribution < -0.4 is 10.6 Å². The van der Waals surface area contributed by atoms with E-state index in [-0.39, 0.29) is 12.1 Å². The SMILES string of the molecule is CCNC(C)N=CN=CC(=O)NC. The fourth-order valence-electron chi connectivity index (χ4n) is 0.652. The van der Waals surface area contributed by atoms with E-state index in [1.54, 1.807) is 7.05 Å². The van der Waals surface area contributed by atoms with Gasteiger partial charge < -0.3 is 5.32 Å². The predicted octanol–water partition coefficient (Wildman–Crippen LogP) is -0.213. The third-order valence-corrected chi connectivity index (χ3v) is 1.29. The maximum atomic E-state index is 10.6. The minimum Gasteiger partial charge on any atom is -0.354 e. The number of nitrogens with zero attached hydrogens (tertiary/aromatic N) is 2. The molecule has 0 aromatic heterocycles. The summed E-state index contributed by atoms with van der Waals surface area (Å²) in [4.78, 5) is 18.3. The van der Waals surface area contributed by atoms with E-state index >= 15 is 0 Å². The van der Waals surface area contributed by atoms with Gasteiger partial charge in [-0.3, -0.25) is 15.1 Å². The summed E-state index contributed by atoms with van der Waals surface area (Å²) in [6.07, 6.45) is 2.58. The Hall–Kier alpha value is -1.23. The van der Waals surface area contributed by atoms with Crippen molar-refractivity contribution in [1.29, 1.82) is 0 Å². The van der Waals surface area contributed by atoms with Crippen LogP contribution in [0.25, 0.3) is 0 Å². The first-order chi connectivity index (χ1) is 6.20. The number of aliphatic imine (C=N–C) groups is 2. The monoisotopic (exact) mass is 184 g/mol. The van der Waals surface area contributed by atoms with Crippen LogP contribution in [0.3, 0.4) is 0 Å². The van der Waals surface area contributed by atoms with Gasteiger partial charge in [-0.15, -0.1) is 0 Å². The smallest absolute Gasteiger partial charge is 0.262 e. The van der Waals surface area contributed by atoms with Gasteiger partial charge in [-0.1, -0.05) is 6.92 Å². The molecule has 0 bridgehead atoms. The Morgan fingerprint density at radius 1 is 1.62 bits per heavy atom. The molecule has 5 heteroatoms. The van der Waals surface area contributed by atoms with Crippen LogP contribution in [0.1, 0.15) is 13.8 Å². The van der Waals surface area contributed by atoms with Crippen molar-refractivity contribution in [2.75, 3.05) is 13.6 Å². The van der Waals surface area contributed by atoms with Crippen molar-refractivity contribution in [3.05, 3.63) is 0 Å². The second-order valence-corrected chi connectivity index (χ2v) is 2.39. The third kappa shape index (κ3) is 7.14. The molecule has 2 N–H and O–H groups in total. The normalized spacial score (nSPS) is 13.8. The molecule has 1 unspecified atom stereocenters. The van der Waals surface area contributed by atoms with Crippen LogP contribution in [0.4, 0.5) is 0 Å². The van der Waals surface area contributed by atoms with E-state index in [2.05, 4.69) is 20.6 Å². The molecule has 0 fully saturated rings. The average Bonchev–Trinajstić information content (AvgIpc) is 2.12. The summed E-state index contributed by atoms with van der Waals surface area (Å²) < 4.78 is 0. The predicted molar refractivity (Wildman–Crippen MR) is 54.2 cm³/mol. The Bertz CT molecular complexity index is 200. The second kappa shape index (κ2) is 7.42. The summed E-state index contributed by atoms with van der Waals surface area (Å²) >= 11 is 0. The van der Waals surface area contributed by atoms with Gasteiger partial charge in [-0.2, -0.15) is 0 Å². The number of hydrogen-bond acceptors (Lipinski definition) is 3. The lowest BCUT2D eigenvalue weighted by molar-refractivity contribution is -0.113. The van der Waals surface area contributed by atoms with Crippen molar-refractivity contribution in [2.24, 2.45) is 9.98 Å². The highest BCUT2D eigenvalue weighted by atomic mass is 16.1. The Morgan fingerprint density at radius 3 is 2.85 bits per heavy atom. The summed E-state index contributed by atoms with van der Waals surface area (Å²) in [5, 5.41) is 5.49. The van der Waals surface area contributed by atoms with Crippen LogP contribution in [0.2, 0.25) is 0 Å². The van der Waals surface area contributed by atoms with E-state index in [1.807, 2.05) is 13.8 Å². The van der Waals surface area contributed by atoms with E-state index in [0.29, 0.717) is 0 Å². The largest absolute Gasteiger partial charge is 0.354 e. The van der Waals surface area contributed by atoms with Gasteiger partial charge in [0.1, 0.15) is 6.34 Å². The Labute approximate surface area is 78.3 Å². The van der Waals surface area contributed by atoms with Crippen molar-refractivity contribution in [3.63, 3.8) is 0 Å². The van der Waals surface area contributed by atoms with Crippen molar-refractivity contribution < 1.29 is 4.79 Å². The van der Waals surface area contributed by atoms with Crippen LogP contribution in [-0.4, -0.2) is 38.2 Å². The Balaban J connectivity index is 3.73. The van der Waals surface area contributed by atoms with Gasteiger partial charge in [0.05, 0.1) is 12.4 Å². The highest BCUT2D eigenvalue weighted by molar-refractivity contribution is 6.27. The van der Waals surface area contributed by atoms with Crippen LogP contribution >= 0.6 is 0 Å². The Morgan fingerprint density at radius 2 is 2.31 bits per heavy atom. The molecule has 74 valence electrons. The molecule has 5 nitrogen and oxygen atoms in total. The minimum absolute atomic E-state index is 0.0341. The number of carbonyl (C=O) groups excluding carboxylic acids is 1. The molecule has 0 aliphatic rings. The number of carbonyl (C=O) groups is 1. The highest BCUT2D eigenvalue weighted by Crippen LogP contribution is 1.80. The number of nitrogens with one attached hydrogen (secondary N) is 2. The molecule has 0 aliphatic carbocycles. The molecule has 0 saturated heterocycles. The maximum Gasteiger partial charge on any atom is 0.262 e. The molecular weight excluding hydrogens is 168 g/mol. The number of rotatable bonds is 5. The first-order valence-electron chi connectivity index (χ1n) is 4.20. The molecule has 0 saturated carbocycles. The van der Waals surface area contributed by atoms with Crippen LogP contribution in [0, 0.1) is 0 Å². The molecule has 0 spiro atoms. The minimum atomic E-state index is -0.234. The quantitative estimate of drug-likeness (QED) is 0.458.